The molecule has 1 N–H and O–H groups in total. The third kappa shape index (κ3) is 0.853. The molecule has 0 aromatic carbocycles. The van der Waals surface area contributed by atoms with Crippen molar-refractivity contribution in [3.8, 4) is 0 Å². The van der Waals surface area contributed by atoms with Crippen LogP contribution in [0.1, 0.15) is 6.92 Å². The molecule has 56 valence electrons. The van der Waals surface area contributed by atoms with Crippen LogP contribution in [0.5, 0.6) is 0 Å². The van der Waals surface area contributed by atoms with Crippen LogP contribution in [0.2, 0.25) is 0 Å². The molecule has 0 unspecified atom stereocenters. The quantitative estimate of drug-likeness (QED) is 0.390. The highest BCUT2D eigenvalue weighted by molar-refractivity contribution is 5.96. The van der Waals surface area contributed by atoms with Gasteiger partial charge in [-0.25, -0.2) is 4.79 Å². The van der Waals surface area contributed by atoms with Crippen molar-refractivity contribution < 1.29 is 14.3 Å². The van der Waals surface area contributed by atoms with E-state index in [0.717, 1.165) is 0 Å². The van der Waals surface area contributed by atoms with Crippen LogP contribution in [0.15, 0.2) is 0 Å². The summed E-state index contributed by atoms with van der Waals surface area (Å²) in [4.78, 5) is 21.3. The summed E-state index contributed by atoms with van der Waals surface area (Å²) in [6.45, 7) is 1.69. The topological polar surface area (TPSA) is 55.4 Å². The summed E-state index contributed by atoms with van der Waals surface area (Å²) in [6.07, 6.45) is 0. The lowest BCUT2D eigenvalue weighted by molar-refractivity contribution is -0.154. The van der Waals surface area contributed by atoms with Gasteiger partial charge in [0.1, 0.15) is 6.04 Å². The Labute approximate surface area is 58.5 Å². The highest BCUT2D eigenvalue weighted by Crippen LogP contribution is 2.14. The van der Waals surface area contributed by atoms with Gasteiger partial charge >= 0.3 is 5.97 Å². The van der Waals surface area contributed by atoms with Gasteiger partial charge in [-0.2, -0.15) is 0 Å². The average molecular weight is 143 g/mol. The second-order valence-electron chi connectivity index (χ2n) is 2.30. The van der Waals surface area contributed by atoms with Crippen molar-refractivity contribution in [2.24, 2.45) is 5.92 Å². The molecule has 4 nitrogen and oxygen atoms in total. The van der Waals surface area contributed by atoms with Crippen molar-refractivity contribution in [2.75, 3.05) is 7.11 Å². The summed E-state index contributed by atoms with van der Waals surface area (Å²) in [7, 11) is 1.31. The molecule has 0 aliphatic carbocycles. The first kappa shape index (κ1) is 7.05. The first-order valence-electron chi connectivity index (χ1n) is 3.05. The first-order valence-corrected chi connectivity index (χ1v) is 3.05. The Kier molecular flexibility index (Phi) is 1.61. The van der Waals surface area contributed by atoms with E-state index in [1.54, 1.807) is 6.92 Å². The molecule has 1 amide bonds. The van der Waals surface area contributed by atoms with E-state index in [1.807, 2.05) is 0 Å². The van der Waals surface area contributed by atoms with Crippen molar-refractivity contribution in [3.05, 3.63) is 0 Å². The van der Waals surface area contributed by atoms with Crippen LogP contribution in [0.3, 0.4) is 0 Å². The van der Waals surface area contributed by atoms with Gasteiger partial charge in [-0.3, -0.25) is 4.79 Å². The zero-order valence-electron chi connectivity index (χ0n) is 5.88. The highest BCUT2D eigenvalue weighted by atomic mass is 16.5. The van der Waals surface area contributed by atoms with E-state index in [2.05, 4.69) is 10.1 Å². The third-order valence-corrected chi connectivity index (χ3v) is 1.67. The molecule has 10 heavy (non-hydrogen) atoms. The number of carbonyl (C=O) groups excluding carboxylic acids is 2. The number of hydrogen-bond donors (Lipinski definition) is 1. The predicted octanol–water partition coefficient (Wildman–Crippen LogP) is -0.706. The Bertz CT molecular complexity index is 178. The number of nitrogens with one attached hydrogen (secondary N) is 1. The van der Waals surface area contributed by atoms with Crippen LogP contribution < -0.4 is 5.32 Å². The fourth-order valence-corrected chi connectivity index (χ4v) is 0.855. The monoisotopic (exact) mass is 143 g/mol. The molecule has 0 saturated carbocycles. The SMILES string of the molecule is COC(=O)[C@@H]1NC(=O)[C@H]1C. The van der Waals surface area contributed by atoms with Gasteiger partial charge in [0, 0.05) is 0 Å². The molecular weight excluding hydrogens is 134 g/mol. The van der Waals surface area contributed by atoms with Gasteiger partial charge < -0.3 is 10.1 Å². The minimum atomic E-state index is -0.419. The number of β-lactam (4-membered cyclic amide) rings is 1. The fraction of sp³-hybridized carbons (Fsp3) is 0.667. The minimum Gasteiger partial charge on any atom is -0.467 e. The maximum absolute atomic E-state index is 10.7. The number of hydrogen-bond acceptors (Lipinski definition) is 3. The molecule has 1 saturated heterocycles. The van der Waals surface area contributed by atoms with Crippen LogP contribution in [0.25, 0.3) is 0 Å². The number of ether oxygens (including phenoxy) is 1. The molecule has 0 spiro atoms. The molecule has 2 atom stereocenters. The second kappa shape index (κ2) is 2.28. The maximum Gasteiger partial charge on any atom is 0.329 e. The van der Waals surface area contributed by atoms with Gasteiger partial charge in [-0.1, -0.05) is 6.92 Å². The lowest BCUT2D eigenvalue weighted by Crippen LogP contribution is -2.60. The van der Waals surface area contributed by atoms with E-state index in [9.17, 15) is 9.59 Å². The van der Waals surface area contributed by atoms with Crippen LogP contribution in [-0.2, 0) is 14.3 Å². The van der Waals surface area contributed by atoms with Crippen LogP contribution in [0, 0.1) is 5.92 Å². The van der Waals surface area contributed by atoms with E-state index in [0.29, 0.717) is 0 Å². The summed E-state index contributed by atoms with van der Waals surface area (Å²) in [6, 6.07) is -0.419. The van der Waals surface area contributed by atoms with E-state index in [1.165, 1.54) is 7.11 Å². The Morgan fingerprint density at radius 2 is 2.30 bits per heavy atom. The molecule has 0 aromatic rings. The molecule has 1 aliphatic rings. The third-order valence-electron chi connectivity index (χ3n) is 1.67. The normalized spacial score (nSPS) is 30.4. The van der Waals surface area contributed by atoms with Crippen LogP contribution in [-0.4, -0.2) is 25.0 Å². The predicted molar refractivity (Wildman–Crippen MR) is 33.1 cm³/mol. The average Bonchev–Trinajstić information content (AvgIpc) is 1.98. The second-order valence-corrected chi connectivity index (χ2v) is 2.30. The Hall–Kier alpha value is -1.06. The summed E-state index contributed by atoms with van der Waals surface area (Å²) in [5.41, 5.74) is 0. The first-order chi connectivity index (χ1) is 4.66. The number of amides is 1. The number of methoxy groups -OCH3 is 1. The van der Waals surface area contributed by atoms with Gasteiger partial charge in [-0.05, 0) is 0 Å². The summed E-state index contributed by atoms with van der Waals surface area (Å²) >= 11 is 0. The summed E-state index contributed by atoms with van der Waals surface area (Å²) < 4.78 is 4.42. The summed E-state index contributed by atoms with van der Waals surface area (Å²) in [5.74, 6) is -0.685. The Balaban J connectivity index is 2.47. The number of rotatable bonds is 1. The Morgan fingerprint density at radius 1 is 1.70 bits per heavy atom. The van der Waals surface area contributed by atoms with Crippen LogP contribution >= 0.6 is 0 Å². The van der Waals surface area contributed by atoms with Crippen molar-refractivity contribution in [3.63, 3.8) is 0 Å². The minimum absolute atomic E-state index is 0.0876. The maximum atomic E-state index is 10.7. The molecule has 0 aromatic heterocycles. The van der Waals surface area contributed by atoms with E-state index in [-0.39, 0.29) is 17.8 Å². The fourth-order valence-electron chi connectivity index (χ4n) is 0.855. The molecular formula is C6H9NO3. The Morgan fingerprint density at radius 3 is 2.60 bits per heavy atom. The van der Waals surface area contributed by atoms with Crippen molar-refractivity contribution in [1.82, 2.24) is 5.32 Å². The molecule has 4 heteroatoms. The lowest BCUT2D eigenvalue weighted by Gasteiger charge is -2.31. The molecule has 1 aliphatic heterocycles. The standard InChI is InChI=1S/C6H9NO3/c1-3-4(6(9)10-2)7-5(3)8/h3-4H,1-2H3,(H,7,8)/t3-,4+/m0/s1. The van der Waals surface area contributed by atoms with E-state index < -0.39 is 6.04 Å². The van der Waals surface area contributed by atoms with Crippen molar-refractivity contribution in [2.45, 2.75) is 13.0 Å². The van der Waals surface area contributed by atoms with Gasteiger partial charge in [0.05, 0.1) is 13.0 Å². The summed E-state index contributed by atoms with van der Waals surface area (Å²) in [5, 5.41) is 2.43. The van der Waals surface area contributed by atoms with Crippen LogP contribution in [0.4, 0.5) is 0 Å². The zero-order chi connectivity index (χ0) is 7.72. The highest BCUT2D eigenvalue weighted by Gasteiger charge is 2.41. The van der Waals surface area contributed by atoms with E-state index >= 15 is 0 Å². The van der Waals surface area contributed by atoms with Gasteiger partial charge in [-0.15, -0.1) is 0 Å². The largest absolute Gasteiger partial charge is 0.467 e. The van der Waals surface area contributed by atoms with E-state index in [4.69, 9.17) is 0 Å². The number of carbonyl (C=O) groups is 2. The van der Waals surface area contributed by atoms with Crippen molar-refractivity contribution in [1.29, 1.82) is 0 Å². The molecule has 0 radical (unpaired) electrons. The van der Waals surface area contributed by atoms with Crippen molar-refractivity contribution >= 4 is 11.9 Å². The number of esters is 1. The lowest BCUT2D eigenvalue weighted by atomic mass is 9.93. The zero-order valence-corrected chi connectivity index (χ0v) is 5.88. The van der Waals surface area contributed by atoms with Gasteiger partial charge in [0.25, 0.3) is 0 Å². The molecule has 1 heterocycles. The molecule has 1 rings (SSSR count). The molecule has 1 fully saturated rings. The van der Waals surface area contributed by atoms with Gasteiger partial charge in [0.15, 0.2) is 0 Å². The molecule has 0 bridgehead atoms. The smallest absolute Gasteiger partial charge is 0.329 e. The van der Waals surface area contributed by atoms with Gasteiger partial charge in [0.2, 0.25) is 5.91 Å².